The van der Waals surface area contributed by atoms with Crippen molar-refractivity contribution in [1.29, 1.82) is 0 Å². The van der Waals surface area contributed by atoms with Crippen molar-refractivity contribution in [1.82, 2.24) is 4.98 Å². The van der Waals surface area contributed by atoms with Gasteiger partial charge in [0.05, 0.1) is 4.92 Å². The Bertz CT molecular complexity index is 656. The maximum atomic E-state index is 12.0. The molecule has 0 radical (unpaired) electrons. The summed E-state index contributed by atoms with van der Waals surface area (Å²) in [5.41, 5.74) is -0.500. The molecule has 0 aliphatic heterocycles. The van der Waals surface area contributed by atoms with Crippen molar-refractivity contribution >= 4 is 39.7 Å². The molecule has 1 amide bonds. The van der Waals surface area contributed by atoms with Crippen LogP contribution in [0.25, 0.3) is 0 Å². The third-order valence-corrected chi connectivity index (χ3v) is 3.39. The van der Waals surface area contributed by atoms with Crippen molar-refractivity contribution in [2.24, 2.45) is 0 Å². The Morgan fingerprint density at radius 1 is 1.53 bits per heavy atom. The van der Waals surface area contributed by atoms with Gasteiger partial charge in [0, 0.05) is 11.1 Å². The second-order valence-corrected chi connectivity index (χ2v) is 5.27. The largest absolute Gasteiger partial charge is 0.300 e. The summed E-state index contributed by atoms with van der Waals surface area (Å²) < 4.78 is 0. The Kier molecular flexibility index (Phi) is 3.77. The van der Waals surface area contributed by atoms with E-state index in [9.17, 15) is 14.9 Å². The zero-order chi connectivity index (χ0) is 14.0. The molecule has 0 aliphatic rings. The number of aryl methyl sites for hydroxylation is 1. The van der Waals surface area contributed by atoms with Gasteiger partial charge in [-0.2, -0.15) is 0 Å². The normalized spacial score (nSPS) is 10.2. The number of amides is 1. The van der Waals surface area contributed by atoms with E-state index in [0.717, 1.165) is 4.88 Å². The number of thiazole rings is 1. The van der Waals surface area contributed by atoms with E-state index in [4.69, 9.17) is 11.6 Å². The van der Waals surface area contributed by atoms with Crippen LogP contribution in [0, 0.1) is 17.0 Å². The summed E-state index contributed by atoms with van der Waals surface area (Å²) in [6, 6.07) is 4.20. The van der Waals surface area contributed by atoms with Crippen LogP contribution in [0.15, 0.2) is 24.4 Å². The number of hydrogen-bond acceptors (Lipinski definition) is 5. The summed E-state index contributed by atoms with van der Waals surface area (Å²) in [6.45, 7) is 1.84. The predicted octanol–water partition coefficient (Wildman–Crippen LogP) is 3.27. The first kappa shape index (κ1) is 13.4. The molecule has 0 atom stereocenters. The van der Waals surface area contributed by atoms with E-state index >= 15 is 0 Å². The number of hydrogen-bond donors (Lipinski definition) is 1. The molecular weight excluding hydrogens is 290 g/mol. The number of anilines is 1. The maximum absolute atomic E-state index is 12.0. The smallest absolute Gasteiger partial charge is 0.298 e. The van der Waals surface area contributed by atoms with Gasteiger partial charge < -0.3 is 0 Å². The second-order valence-electron chi connectivity index (χ2n) is 3.62. The molecule has 0 saturated carbocycles. The summed E-state index contributed by atoms with van der Waals surface area (Å²) in [6.07, 6.45) is 1.60. The highest BCUT2D eigenvalue weighted by Crippen LogP contribution is 2.29. The molecule has 98 valence electrons. The number of halogens is 1. The molecule has 0 bridgehead atoms. The summed E-state index contributed by atoms with van der Waals surface area (Å²) in [5, 5.41) is 13.7. The van der Waals surface area contributed by atoms with E-state index in [-0.39, 0.29) is 10.6 Å². The van der Waals surface area contributed by atoms with Crippen molar-refractivity contribution in [3.8, 4) is 0 Å². The zero-order valence-electron chi connectivity index (χ0n) is 9.71. The van der Waals surface area contributed by atoms with Crippen molar-refractivity contribution in [2.75, 3.05) is 5.32 Å². The highest BCUT2D eigenvalue weighted by molar-refractivity contribution is 7.15. The molecule has 8 heteroatoms. The summed E-state index contributed by atoms with van der Waals surface area (Å²) in [7, 11) is 0. The minimum atomic E-state index is -0.676. The lowest BCUT2D eigenvalue weighted by Gasteiger charge is -2.03. The minimum absolute atomic E-state index is 0.0760. The van der Waals surface area contributed by atoms with E-state index in [1.54, 1.807) is 6.20 Å². The fraction of sp³-hybridized carbons (Fsp3) is 0.0909. The third-order valence-electron chi connectivity index (χ3n) is 2.26. The standard InChI is InChI=1S/C11H8ClN3O3S/c1-6-5-13-11(19-6)14-10(16)7-3-2-4-8(12)9(7)15(17)18/h2-5H,1H3,(H,13,14,16). The molecule has 0 unspecified atom stereocenters. The fourth-order valence-corrected chi connectivity index (χ4v) is 2.36. The predicted molar refractivity (Wildman–Crippen MR) is 72.9 cm³/mol. The molecule has 0 saturated heterocycles. The van der Waals surface area contributed by atoms with Crippen LogP contribution >= 0.6 is 22.9 Å². The Labute approximate surface area is 117 Å². The summed E-state index contributed by atoms with van der Waals surface area (Å²) in [5.74, 6) is -0.608. The Balaban J connectivity index is 2.34. The molecule has 2 aromatic rings. The average molecular weight is 298 g/mol. The first-order chi connectivity index (χ1) is 8.99. The fourth-order valence-electron chi connectivity index (χ4n) is 1.46. The van der Waals surface area contributed by atoms with Crippen molar-refractivity contribution in [2.45, 2.75) is 6.92 Å². The molecule has 1 heterocycles. The molecule has 1 N–H and O–H groups in total. The van der Waals surface area contributed by atoms with E-state index in [1.807, 2.05) is 6.92 Å². The molecule has 19 heavy (non-hydrogen) atoms. The SMILES string of the molecule is Cc1cnc(NC(=O)c2cccc(Cl)c2[N+](=O)[O-])s1. The van der Waals surface area contributed by atoms with Crippen LogP contribution in [0.5, 0.6) is 0 Å². The number of carbonyl (C=O) groups excluding carboxylic acids is 1. The molecule has 2 rings (SSSR count). The number of nitrogens with zero attached hydrogens (tertiary/aromatic N) is 2. The zero-order valence-corrected chi connectivity index (χ0v) is 11.3. The van der Waals surface area contributed by atoms with Gasteiger partial charge in [-0.1, -0.05) is 17.7 Å². The van der Waals surface area contributed by atoms with Gasteiger partial charge in [-0.25, -0.2) is 4.98 Å². The average Bonchev–Trinajstić information content (AvgIpc) is 2.73. The molecule has 1 aromatic carbocycles. The van der Waals surface area contributed by atoms with Gasteiger partial charge in [0.1, 0.15) is 10.6 Å². The minimum Gasteiger partial charge on any atom is -0.298 e. The number of aromatic nitrogens is 1. The lowest BCUT2D eigenvalue weighted by atomic mass is 10.1. The van der Waals surface area contributed by atoms with E-state index < -0.39 is 16.5 Å². The van der Waals surface area contributed by atoms with Crippen LogP contribution in [0.1, 0.15) is 15.2 Å². The van der Waals surface area contributed by atoms with Gasteiger partial charge in [-0.15, -0.1) is 11.3 Å². The number of para-hydroxylation sites is 1. The monoisotopic (exact) mass is 297 g/mol. The molecule has 0 fully saturated rings. The van der Waals surface area contributed by atoms with Crippen molar-refractivity contribution in [3.63, 3.8) is 0 Å². The van der Waals surface area contributed by atoms with Gasteiger partial charge in [0.2, 0.25) is 0 Å². The number of carbonyl (C=O) groups is 1. The Hall–Kier alpha value is -1.99. The summed E-state index contributed by atoms with van der Waals surface area (Å²) >= 11 is 7.02. The van der Waals surface area contributed by atoms with Gasteiger partial charge >= 0.3 is 5.69 Å². The Morgan fingerprint density at radius 3 is 2.84 bits per heavy atom. The topological polar surface area (TPSA) is 85.1 Å². The highest BCUT2D eigenvalue weighted by Gasteiger charge is 2.24. The number of nitrogens with one attached hydrogen (secondary N) is 1. The first-order valence-corrected chi connectivity index (χ1v) is 6.35. The molecule has 1 aromatic heterocycles. The van der Waals surface area contributed by atoms with E-state index in [0.29, 0.717) is 5.13 Å². The quantitative estimate of drug-likeness (QED) is 0.696. The van der Waals surface area contributed by atoms with Crippen LogP contribution < -0.4 is 5.32 Å². The van der Waals surface area contributed by atoms with Crippen LogP contribution in [0.3, 0.4) is 0 Å². The number of benzene rings is 1. The van der Waals surface area contributed by atoms with Gasteiger partial charge in [-0.3, -0.25) is 20.2 Å². The molecule has 0 spiro atoms. The van der Waals surface area contributed by atoms with Crippen LogP contribution in [0.2, 0.25) is 5.02 Å². The maximum Gasteiger partial charge on any atom is 0.300 e. The highest BCUT2D eigenvalue weighted by atomic mass is 35.5. The van der Waals surface area contributed by atoms with Crippen LogP contribution in [-0.2, 0) is 0 Å². The second kappa shape index (κ2) is 5.33. The molecule has 6 nitrogen and oxygen atoms in total. The van der Waals surface area contributed by atoms with Crippen molar-refractivity contribution < 1.29 is 9.72 Å². The van der Waals surface area contributed by atoms with Gasteiger partial charge in [0.25, 0.3) is 5.91 Å². The lowest BCUT2D eigenvalue weighted by Crippen LogP contribution is -2.13. The van der Waals surface area contributed by atoms with Gasteiger partial charge in [0.15, 0.2) is 5.13 Å². The van der Waals surface area contributed by atoms with E-state index in [1.165, 1.54) is 29.5 Å². The Morgan fingerprint density at radius 2 is 2.26 bits per heavy atom. The number of rotatable bonds is 3. The van der Waals surface area contributed by atoms with Crippen LogP contribution in [-0.4, -0.2) is 15.8 Å². The lowest BCUT2D eigenvalue weighted by molar-refractivity contribution is -0.385. The molecule has 0 aliphatic carbocycles. The van der Waals surface area contributed by atoms with Crippen LogP contribution in [0.4, 0.5) is 10.8 Å². The van der Waals surface area contributed by atoms with E-state index in [2.05, 4.69) is 10.3 Å². The molecular formula is C11H8ClN3O3S. The van der Waals surface area contributed by atoms with Crippen molar-refractivity contribution in [3.05, 3.63) is 50.0 Å². The number of nitro benzene ring substituents is 1. The summed E-state index contributed by atoms with van der Waals surface area (Å²) in [4.78, 5) is 27.1. The first-order valence-electron chi connectivity index (χ1n) is 5.15. The number of nitro groups is 1. The van der Waals surface area contributed by atoms with Gasteiger partial charge in [-0.05, 0) is 19.1 Å². The third kappa shape index (κ3) is 2.88.